The number of sulfonamides is 1. The average molecular weight is 405 g/mol. The smallest absolute Gasteiger partial charge is 0.258 e. The van der Waals surface area contributed by atoms with Crippen molar-refractivity contribution in [3.05, 3.63) is 58.9 Å². The van der Waals surface area contributed by atoms with Gasteiger partial charge in [-0.25, -0.2) is 12.8 Å². The van der Waals surface area contributed by atoms with E-state index in [1.54, 1.807) is 0 Å². The summed E-state index contributed by atoms with van der Waals surface area (Å²) in [5, 5.41) is 2.71. The second kappa shape index (κ2) is 8.01. The Morgan fingerprint density at radius 3 is 2.32 bits per heavy atom. The molecule has 2 aromatic rings. The average Bonchev–Trinajstić information content (AvgIpc) is 2.65. The lowest BCUT2D eigenvalue weighted by Crippen LogP contribution is -2.38. The molecule has 1 heterocycles. The standard InChI is InChI=1S/C21H25FN2O3S/c1-14-9-11-24(12-10-14)28(26,27)17-7-8-19(22)18(13-17)21(25)23-20-15(2)5-4-6-16(20)3/h4-8,13-14H,9-12H2,1-3H3,(H,23,25). The molecule has 7 heteroatoms. The van der Waals surface area contributed by atoms with Gasteiger partial charge in [0.15, 0.2) is 0 Å². The number of anilines is 1. The molecule has 1 N–H and O–H groups in total. The number of halogens is 1. The van der Waals surface area contributed by atoms with Crippen LogP contribution >= 0.6 is 0 Å². The minimum Gasteiger partial charge on any atom is -0.321 e. The highest BCUT2D eigenvalue weighted by Crippen LogP contribution is 2.26. The molecule has 0 atom stereocenters. The van der Waals surface area contributed by atoms with Crippen LogP contribution in [0.25, 0.3) is 0 Å². The number of para-hydroxylation sites is 1. The fraction of sp³-hybridized carbons (Fsp3) is 0.381. The highest BCUT2D eigenvalue weighted by atomic mass is 32.2. The molecule has 1 amide bonds. The first-order valence-electron chi connectivity index (χ1n) is 9.37. The molecule has 1 saturated heterocycles. The Hall–Kier alpha value is -2.25. The topological polar surface area (TPSA) is 66.5 Å². The molecule has 0 saturated carbocycles. The SMILES string of the molecule is Cc1cccc(C)c1NC(=O)c1cc(S(=O)(=O)N2CCC(C)CC2)ccc1F. The van der Waals surface area contributed by atoms with E-state index in [9.17, 15) is 17.6 Å². The second-order valence-corrected chi connectivity index (χ2v) is 9.39. The van der Waals surface area contributed by atoms with Gasteiger partial charge in [-0.2, -0.15) is 4.31 Å². The summed E-state index contributed by atoms with van der Waals surface area (Å²) in [4.78, 5) is 12.6. The summed E-state index contributed by atoms with van der Waals surface area (Å²) in [6.45, 7) is 6.65. The Bertz CT molecular complexity index is 976. The number of piperidine rings is 1. The van der Waals surface area contributed by atoms with Crippen LogP contribution in [-0.4, -0.2) is 31.7 Å². The lowest BCUT2D eigenvalue weighted by Gasteiger charge is -2.29. The maximum absolute atomic E-state index is 14.3. The van der Waals surface area contributed by atoms with Crippen molar-refractivity contribution in [2.75, 3.05) is 18.4 Å². The molecular formula is C21H25FN2O3S. The van der Waals surface area contributed by atoms with Gasteiger partial charge >= 0.3 is 0 Å². The molecule has 5 nitrogen and oxygen atoms in total. The van der Waals surface area contributed by atoms with E-state index >= 15 is 0 Å². The summed E-state index contributed by atoms with van der Waals surface area (Å²) < 4.78 is 41.6. The third kappa shape index (κ3) is 4.10. The zero-order valence-corrected chi connectivity index (χ0v) is 17.1. The van der Waals surface area contributed by atoms with Gasteiger partial charge in [0.2, 0.25) is 10.0 Å². The van der Waals surface area contributed by atoms with Gasteiger partial charge in [-0.15, -0.1) is 0 Å². The fourth-order valence-electron chi connectivity index (χ4n) is 3.41. The Morgan fingerprint density at radius 2 is 1.71 bits per heavy atom. The first-order chi connectivity index (χ1) is 13.2. The second-order valence-electron chi connectivity index (χ2n) is 7.45. The summed E-state index contributed by atoms with van der Waals surface area (Å²) in [7, 11) is -3.76. The summed E-state index contributed by atoms with van der Waals surface area (Å²) in [5.74, 6) is -0.937. The van der Waals surface area contributed by atoms with Crippen molar-refractivity contribution in [3.63, 3.8) is 0 Å². The molecule has 3 rings (SSSR count). The van der Waals surface area contributed by atoms with Crippen LogP contribution in [0.4, 0.5) is 10.1 Å². The molecule has 0 unspecified atom stereocenters. The van der Waals surface area contributed by atoms with Crippen molar-refractivity contribution in [3.8, 4) is 0 Å². The van der Waals surface area contributed by atoms with Crippen molar-refractivity contribution >= 4 is 21.6 Å². The minimum atomic E-state index is -3.76. The van der Waals surface area contributed by atoms with Gasteiger partial charge < -0.3 is 5.32 Å². The highest BCUT2D eigenvalue weighted by molar-refractivity contribution is 7.89. The van der Waals surface area contributed by atoms with Crippen molar-refractivity contribution in [2.45, 2.75) is 38.5 Å². The van der Waals surface area contributed by atoms with E-state index in [2.05, 4.69) is 12.2 Å². The number of rotatable bonds is 4. The monoisotopic (exact) mass is 404 g/mol. The summed E-state index contributed by atoms with van der Waals surface area (Å²) in [6.07, 6.45) is 1.58. The Kier molecular flexibility index (Phi) is 5.86. The van der Waals surface area contributed by atoms with E-state index in [0.717, 1.165) is 36.1 Å². The van der Waals surface area contributed by atoms with E-state index in [-0.39, 0.29) is 10.5 Å². The van der Waals surface area contributed by atoms with Crippen molar-refractivity contribution in [1.82, 2.24) is 4.31 Å². The third-order valence-electron chi connectivity index (χ3n) is 5.28. The van der Waals surface area contributed by atoms with Gasteiger partial charge in [0.1, 0.15) is 5.82 Å². The van der Waals surface area contributed by atoms with Crippen LogP contribution in [0.2, 0.25) is 0 Å². The van der Waals surface area contributed by atoms with Crippen LogP contribution in [0, 0.1) is 25.6 Å². The predicted molar refractivity (Wildman–Crippen MR) is 107 cm³/mol. The highest BCUT2D eigenvalue weighted by Gasteiger charge is 2.29. The molecule has 1 fully saturated rings. The van der Waals surface area contributed by atoms with Crippen LogP contribution in [0.3, 0.4) is 0 Å². The molecule has 0 radical (unpaired) electrons. The molecule has 0 aliphatic carbocycles. The largest absolute Gasteiger partial charge is 0.321 e. The third-order valence-corrected chi connectivity index (χ3v) is 7.18. The number of hydrogen-bond acceptors (Lipinski definition) is 3. The van der Waals surface area contributed by atoms with Gasteiger partial charge in [0.25, 0.3) is 5.91 Å². The molecule has 1 aliphatic heterocycles. The lowest BCUT2D eigenvalue weighted by molar-refractivity contribution is 0.102. The van der Waals surface area contributed by atoms with Gasteiger partial charge in [0, 0.05) is 18.8 Å². The molecule has 0 bridgehead atoms. The van der Waals surface area contributed by atoms with E-state index in [1.807, 2.05) is 32.0 Å². The van der Waals surface area contributed by atoms with Crippen LogP contribution in [0.1, 0.15) is 41.3 Å². The minimum absolute atomic E-state index is 0.0601. The van der Waals surface area contributed by atoms with Crippen LogP contribution in [0.5, 0.6) is 0 Å². The van der Waals surface area contributed by atoms with E-state index in [1.165, 1.54) is 10.4 Å². The number of nitrogens with one attached hydrogen (secondary N) is 1. The number of amides is 1. The zero-order valence-electron chi connectivity index (χ0n) is 16.3. The Morgan fingerprint density at radius 1 is 1.11 bits per heavy atom. The number of carbonyl (C=O) groups is 1. The number of nitrogens with zero attached hydrogens (tertiary/aromatic N) is 1. The van der Waals surface area contributed by atoms with Gasteiger partial charge in [-0.1, -0.05) is 25.1 Å². The summed E-state index contributed by atoms with van der Waals surface area (Å²) in [6, 6.07) is 8.95. The molecule has 1 aliphatic rings. The number of carbonyl (C=O) groups excluding carboxylic acids is 1. The molecule has 2 aromatic carbocycles. The summed E-state index contributed by atoms with van der Waals surface area (Å²) in [5.41, 5.74) is 2.01. The maximum Gasteiger partial charge on any atom is 0.258 e. The van der Waals surface area contributed by atoms with Crippen LogP contribution in [-0.2, 0) is 10.0 Å². The van der Waals surface area contributed by atoms with E-state index in [0.29, 0.717) is 24.7 Å². The molecule has 0 spiro atoms. The number of hydrogen-bond donors (Lipinski definition) is 1. The van der Waals surface area contributed by atoms with Gasteiger partial charge in [0.05, 0.1) is 10.5 Å². The van der Waals surface area contributed by atoms with Crippen molar-refractivity contribution in [2.24, 2.45) is 5.92 Å². The quantitative estimate of drug-likeness (QED) is 0.834. The Balaban J connectivity index is 1.90. The van der Waals surface area contributed by atoms with Gasteiger partial charge in [-0.3, -0.25) is 4.79 Å². The first-order valence-corrected chi connectivity index (χ1v) is 10.8. The maximum atomic E-state index is 14.3. The normalized spacial score (nSPS) is 16.1. The molecule has 0 aromatic heterocycles. The van der Waals surface area contributed by atoms with Crippen LogP contribution < -0.4 is 5.32 Å². The van der Waals surface area contributed by atoms with Crippen molar-refractivity contribution in [1.29, 1.82) is 0 Å². The molecule has 28 heavy (non-hydrogen) atoms. The van der Waals surface area contributed by atoms with Crippen LogP contribution in [0.15, 0.2) is 41.3 Å². The van der Waals surface area contributed by atoms with Gasteiger partial charge in [-0.05, 0) is 61.9 Å². The van der Waals surface area contributed by atoms with Crippen molar-refractivity contribution < 1.29 is 17.6 Å². The molecular weight excluding hydrogens is 379 g/mol. The number of benzene rings is 2. The summed E-state index contributed by atoms with van der Waals surface area (Å²) >= 11 is 0. The van der Waals surface area contributed by atoms with E-state index < -0.39 is 21.7 Å². The fourth-order valence-corrected chi connectivity index (χ4v) is 4.90. The zero-order chi connectivity index (χ0) is 20.5. The number of aryl methyl sites for hydroxylation is 2. The first kappa shape index (κ1) is 20.5. The Labute approximate surface area is 165 Å². The molecule has 150 valence electrons. The lowest BCUT2D eigenvalue weighted by atomic mass is 10.0. The predicted octanol–water partition coefficient (Wildman–Crippen LogP) is 4.12. The van der Waals surface area contributed by atoms with E-state index in [4.69, 9.17) is 0 Å².